The molecule has 0 aliphatic rings. The Hall–Kier alpha value is -3.62. The van der Waals surface area contributed by atoms with E-state index in [2.05, 4.69) is 25.6 Å². The quantitative estimate of drug-likeness (QED) is 0.542. The van der Waals surface area contributed by atoms with Crippen LogP contribution in [-0.4, -0.2) is 26.9 Å². The summed E-state index contributed by atoms with van der Waals surface area (Å²) < 4.78 is 13.5. The van der Waals surface area contributed by atoms with Crippen LogP contribution in [0.3, 0.4) is 0 Å². The first-order valence-electron chi connectivity index (χ1n) is 7.25. The Kier molecular flexibility index (Phi) is 4.46. The Balaban J connectivity index is 1.98. The zero-order valence-electron chi connectivity index (χ0n) is 13.1. The average molecular weight is 340 g/mol. The third kappa shape index (κ3) is 3.66. The van der Waals surface area contributed by atoms with Gasteiger partial charge in [0.25, 0.3) is 0 Å². The Bertz CT molecular complexity index is 920. The van der Waals surface area contributed by atoms with E-state index in [4.69, 9.17) is 0 Å². The monoisotopic (exact) mass is 340 g/mol. The van der Waals surface area contributed by atoms with Crippen molar-refractivity contribution in [2.45, 2.75) is 0 Å². The number of halogens is 1. The van der Waals surface area contributed by atoms with Crippen molar-refractivity contribution in [3.05, 3.63) is 64.7 Å². The number of benzene rings is 1. The SMILES string of the molecule is CNc1nc(Nc2ccc(F)c([N+](=O)[O-])c2)cc(-c2ccncc2)n1. The van der Waals surface area contributed by atoms with Crippen LogP contribution in [-0.2, 0) is 0 Å². The summed E-state index contributed by atoms with van der Waals surface area (Å²) in [6, 6.07) is 8.83. The minimum absolute atomic E-state index is 0.342. The highest BCUT2D eigenvalue weighted by molar-refractivity contribution is 5.67. The summed E-state index contributed by atoms with van der Waals surface area (Å²) in [5.41, 5.74) is 1.21. The van der Waals surface area contributed by atoms with E-state index in [1.165, 1.54) is 6.07 Å². The molecule has 2 aromatic heterocycles. The van der Waals surface area contributed by atoms with E-state index >= 15 is 0 Å². The van der Waals surface area contributed by atoms with Gasteiger partial charge in [0.15, 0.2) is 0 Å². The molecule has 0 saturated carbocycles. The van der Waals surface area contributed by atoms with Gasteiger partial charge in [-0.3, -0.25) is 15.1 Å². The lowest BCUT2D eigenvalue weighted by Crippen LogP contribution is -2.02. The van der Waals surface area contributed by atoms with Crippen molar-refractivity contribution in [1.29, 1.82) is 0 Å². The molecule has 0 aliphatic carbocycles. The van der Waals surface area contributed by atoms with Crippen LogP contribution in [0.15, 0.2) is 48.8 Å². The normalized spacial score (nSPS) is 10.3. The number of rotatable bonds is 5. The van der Waals surface area contributed by atoms with E-state index in [-0.39, 0.29) is 0 Å². The lowest BCUT2D eigenvalue weighted by molar-refractivity contribution is -0.387. The third-order valence-corrected chi connectivity index (χ3v) is 3.34. The second kappa shape index (κ2) is 6.87. The zero-order valence-corrected chi connectivity index (χ0v) is 13.1. The maximum Gasteiger partial charge on any atom is 0.306 e. The number of anilines is 3. The van der Waals surface area contributed by atoms with Crippen LogP contribution in [0.4, 0.5) is 27.5 Å². The van der Waals surface area contributed by atoms with Crippen molar-refractivity contribution in [2.75, 3.05) is 17.7 Å². The lowest BCUT2D eigenvalue weighted by atomic mass is 10.2. The molecule has 0 radical (unpaired) electrons. The van der Waals surface area contributed by atoms with Crippen LogP contribution in [0.1, 0.15) is 0 Å². The first-order chi connectivity index (χ1) is 12.1. The third-order valence-electron chi connectivity index (χ3n) is 3.34. The molecule has 0 saturated heterocycles. The highest BCUT2D eigenvalue weighted by Gasteiger charge is 2.15. The highest BCUT2D eigenvalue weighted by Crippen LogP contribution is 2.26. The van der Waals surface area contributed by atoms with Crippen LogP contribution in [0.2, 0.25) is 0 Å². The van der Waals surface area contributed by atoms with Gasteiger partial charge in [-0.05, 0) is 24.3 Å². The molecule has 0 aliphatic heterocycles. The topological polar surface area (TPSA) is 106 Å². The maximum atomic E-state index is 13.5. The molecule has 25 heavy (non-hydrogen) atoms. The fraction of sp³-hybridized carbons (Fsp3) is 0.0625. The maximum absolute atomic E-state index is 13.5. The Morgan fingerprint density at radius 1 is 1.12 bits per heavy atom. The fourth-order valence-electron chi connectivity index (χ4n) is 2.17. The molecule has 126 valence electrons. The lowest BCUT2D eigenvalue weighted by Gasteiger charge is -2.10. The van der Waals surface area contributed by atoms with E-state index in [1.54, 1.807) is 37.6 Å². The largest absolute Gasteiger partial charge is 0.357 e. The van der Waals surface area contributed by atoms with Crippen molar-refractivity contribution >= 4 is 23.1 Å². The van der Waals surface area contributed by atoms with Crippen molar-refractivity contribution in [3.8, 4) is 11.3 Å². The predicted octanol–water partition coefficient (Wildman–Crippen LogP) is 3.37. The molecular weight excluding hydrogens is 327 g/mol. The van der Waals surface area contributed by atoms with Crippen LogP contribution >= 0.6 is 0 Å². The second-order valence-corrected chi connectivity index (χ2v) is 5.00. The van der Waals surface area contributed by atoms with E-state index in [0.29, 0.717) is 23.1 Å². The molecule has 0 spiro atoms. The number of hydrogen-bond donors (Lipinski definition) is 2. The molecule has 0 atom stereocenters. The van der Waals surface area contributed by atoms with E-state index in [9.17, 15) is 14.5 Å². The second-order valence-electron chi connectivity index (χ2n) is 5.00. The molecule has 1 aromatic carbocycles. The number of nitrogens with zero attached hydrogens (tertiary/aromatic N) is 4. The van der Waals surface area contributed by atoms with Gasteiger partial charge in [0.2, 0.25) is 11.8 Å². The molecule has 0 amide bonds. The molecule has 0 unspecified atom stereocenters. The minimum Gasteiger partial charge on any atom is -0.357 e. The van der Waals surface area contributed by atoms with E-state index in [1.807, 2.05) is 0 Å². The number of nitro groups is 1. The van der Waals surface area contributed by atoms with Gasteiger partial charge in [-0.1, -0.05) is 0 Å². The number of aromatic nitrogens is 3. The summed E-state index contributed by atoms with van der Waals surface area (Å²) in [7, 11) is 1.68. The smallest absolute Gasteiger partial charge is 0.306 e. The van der Waals surface area contributed by atoms with Gasteiger partial charge >= 0.3 is 5.69 Å². The first kappa shape index (κ1) is 16.2. The summed E-state index contributed by atoms with van der Waals surface area (Å²) in [5.74, 6) is -0.118. The number of pyridine rings is 1. The predicted molar refractivity (Wildman–Crippen MR) is 91.1 cm³/mol. The van der Waals surface area contributed by atoms with Crippen LogP contribution < -0.4 is 10.6 Å². The highest BCUT2D eigenvalue weighted by atomic mass is 19.1. The van der Waals surface area contributed by atoms with Gasteiger partial charge in [-0.15, -0.1) is 0 Å². The molecule has 9 heteroatoms. The summed E-state index contributed by atoms with van der Waals surface area (Å²) >= 11 is 0. The molecule has 3 rings (SSSR count). The minimum atomic E-state index is -0.897. The number of nitrogens with one attached hydrogen (secondary N) is 2. The summed E-state index contributed by atoms with van der Waals surface area (Å²) in [6.45, 7) is 0. The average Bonchev–Trinajstić information content (AvgIpc) is 2.63. The first-order valence-corrected chi connectivity index (χ1v) is 7.25. The molecule has 3 aromatic rings. The standard InChI is InChI=1S/C16H13FN6O2/c1-18-16-21-13(10-4-6-19-7-5-10)9-15(22-16)20-11-2-3-12(17)14(8-11)23(24)25/h2-9H,1H3,(H2,18,20,21,22). The van der Waals surface area contributed by atoms with Crippen LogP contribution in [0.5, 0.6) is 0 Å². The molecule has 0 bridgehead atoms. The molecular formula is C16H13FN6O2. The van der Waals surface area contributed by atoms with Gasteiger partial charge in [0.1, 0.15) is 5.82 Å². The van der Waals surface area contributed by atoms with Crippen molar-refractivity contribution in [1.82, 2.24) is 15.0 Å². The summed E-state index contributed by atoms with van der Waals surface area (Å²) in [4.78, 5) is 22.7. The van der Waals surface area contributed by atoms with Gasteiger partial charge < -0.3 is 10.6 Å². The molecule has 2 heterocycles. The van der Waals surface area contributed by atoms with Crippen LogP contribution in [0, 0.1) is 15.9 Å². The van der Waals surface area contributed by atoms with Crippen LogP contribution in [0.25, 0.3) is 11.3 Å². The Labute approximate surface area is 141 Å². The Morgan fingerprint density at radius 3 is 2.56 bits per heavy atom. The van der Waals surface area contributed by atoms with E-state index in [0.717, 1.165) is 17.7 Å². The van der Waals surface area contributed by atoms with Gasteiger partial charge in [0, 0.05) is 42.8 Å². The zero-order chi connectivity index (χ0) is 17.8. The van der Waals surface area contributed by atoms with Crippen molar-refractivity contribution in [3.63, 3.8) is 0 Å². The number of nitro benzene ring substituents is 1. The summed E-state index contributed by atoms with van der Waals surface area (Å²) in [5, 5.41) is 16.7. The molecule has 0 fully saturated rings. The fourth-order valence-corrected chi connectivity index (χ4v) is 2.17. The molecule has 2 N–H and O–H groups in total. The van der Waals surface area contributed by atoms with Crippen molar-refractivity contribution in [2.24, 2.45) is 0 Å². The van der Waals surface area contributed by atoms with Crippen molar-refractivity contribution < 1.29 is 9.31 Å². The van der Waals surface area contributed by atoms with Gasteiger partial charge in [-0.2, -0.15) is 9.37 Å². The number of hydrogen-bond acceptors (Lipinski definition) is 7. The van der Waals surface area contributed by atoms with E-state index < -0.39 is 16.4 Å². The van der Waals surface area contributed by atoms with Gasteiger partial charge in [0.05, 0.1) is 10.6 Å². The van der Waals surface area contributed by atoms with Gasteiger partial charge in [-0.25, -0.2) is 4.98 Å². The Morgan fingerprint density at radius 2 is 1.88 bits per heavy atom. The molecule has 8 nitrogen and oxygen atoms in total. The summed E-state index contributed by atoms with van der Waals surface area (Å²) in [6.07, 6.45) is 3.29.